The van der Waals surface area contributed by atoms with E-state index in [9.17, 15) is 9.59 Å². The molecular weight excluding hydrogens is 350 g/mol. The molecule has 1 aliphatic rings. The molecule has 1 fully saturated rings. The number of aromatic nitrogens is 1. The number of nitrogens with zero attached hydrogens (tertiary/aromatic N) is 2. The molecule has 1 amide bonds. The minimum atomic E-state index is -0.0782. The molecule has 0 atom stereocenters. The smallest absolute Gasteiger partial charge is 0.256 e. The molecule has 3 aromatic rings. The van der Waals surface area contributed by atoms with E-state index in [1.54, 1.807) is 0 Å². The number of piperazine rings is 1. The Hall–Kier alpha value is -2.92. The van der Waals surface area contributed by atoms with Gasteiger partial charge in [-0.05, 0) is 48.2 Å². The van der Waals surface area contributed by atoms with Crippen molar-refractivity contribution in [3.05, 3.63) is 70.0 Å². The summed E-state index contributed by atoms with van der Waals surface area (Å²) in [5.41, 5.74) is 3.73. The summed E-state index contributed by atoms with van der Waals surface area (Å²) in [5.74, 6) is 0.176. The van der Waals surface area contributed by atoms with E-state index in [1.165, 1.54) is 0 Å². The van der Waals surface area contributed by atoms with Crippen LogP contribution >= 0.6 is 0 Å². The first-order chi connectivity index (χ1) is 13.5. The first kappa shape index (κ1) is 18.4. The molecular formula is C23H25N3O2. The summed E-state index contributed by atoms with van der Waals surface area (Å²) in [5, 5.41) is 1.67. The molecule has 0 bridgehead atoms. The van der Waals surface area contributed by atoms with Crippen LogP contribution in [0.1, 0.15) is 11.1 Å². The summed E-state index contributed by atoms with van der Waals surface area (Å²) in [4.78, 5) is 32.1. The number of aryl methyl sites for hydroxylation is 1. The van der Waals surface area contributed by atoms with E-state index in [0.29, 0.717) is 11.8 Å². The second-order valence-corrected chi connectivity index (χ2v) is 7.61. The predicted octanol–water partition coefficient (Wildman–Crippen LogP) is 2.82. The maximum absolute atomic E-state index is 12.5. The quantitative estimate of drug-likeness (QED) is 0.766. The normalized spacial score (nSPS) is 15.1. The van der Waals surface area contributed by atoms with Crippen molar-refractivity contribution in [3.63, 3.8) is 0 Å². The van der Waals surface area contributed by atoms with Gasteiger partial charge in [0, 0.05) is 37.3 Å². The number of likely N-dealkylation sites (N-methyl/N-ethyl adjacent to an activating group) is 1. The van der Waals surface area contributed by atoms with Crippen molar-refractivity contribution in [1.29, 1.82) is 0 Å². The van der Waals surface area contributed by atoms with Gasteiger partial charge in [0.25, 0.3) is 5.56 Å². The largest absolute Gasteiger partial charge is 0.340 e. The third-order valence-corrected chi connectivity index (χ3v) is 5.58. The maximum Gasteiger partial charge on any atom is 0.256 e. The van der Waals surface area contributed by atoms with Crippen LogP contribution in [0.4, 0.5) is 0 Å². The summed E-state index contributed by atoms with van der Waals surface area (Å²) in [6, 6.07) is 15.7. The SMILES string of the molecule is Cc1cccc2c(=O)[nH]c(-c3ccc(CC(=O)N4CCN(C)CC4)cc3)cc12. The van der Waals surface area contributed by atoms with Gasteiger partial charge in [-0.3, -0.25) is 9.59 Å². The van der Waals surface area contributed by atoms with E-state index in [4.69, 9.17) is 0 Å². The van der Waals surface area contributed by atoms with Gasteiger partial charge in [0.1, 0.15) is 0 Å². The zero-order valence-electron chi connectivity index (χ0n) is 16.4. The molecule has 0 aliphatic carbocycles. The highest BCUT2D eigenvalue weighted by Crippen LogP contribution is 2.22. The first-order valence-corrected chi connectivity index (χ1v) is 9.69. The fourth-order valence-corrected chi connectivity index (χ4v) is 3.74. The number of hydrogen-bond donors (Lipinski definition) is 1. The monoisotopic (exact) mass is 375 g/mol. The molecule has 0 unspecified atom stereocenters. The van der Waals surface area contributed by atoms with Gasteiger partial charge in [-0.15, -0.1) is 0 Å². The van der Waals surface area contributed by atoms with Crippen molar-refractivity contribution in [3.8, 4) is 11.3 Å². The van der Waals surface area contributed by atoms with Crippen LogP contribution in [0.15, 0.2) is 53.3 Å². The van der Waals surface area contributed by atoms with Crippen LogP contribution < -0.4 is 5.56 Å². The molecule has 1 saturated heterocycles. The van der Waals surface area contributed by atoms with Gasteiger partial charge in [0.05, 0.1) is 6.42 Å². The van der Waals surface area contributed by atoms with Gasteiger partial charge in [-0.25, -0.2) is 0 Å². The van der Waals surface area contributed by atoms with Crippen LogP contribution in [0.25, 0.3) is 22.0 Å². The molecule has 1 aliphatic heterocycles. The number of pyridine rings is 1. The molecule has 1 aromatic heterocycles. The van der Waals surface area contributed by atoms with Crippen LogP contribution in [0.2, 0.25) is 0 Å². The Bertz CT molecular complexity index is 1060. The number of amides is 1. The summed E-state index contributed by atoms with van der Waals surface area (Å²) < 4.78 is 0. The molecule has 28 heavy (non-hydrogen) atoms. The van der Waals surface area contributed by atoms with E-state index in [2.05, 4.69) is 16.9 Å². The Kier molecular flexibility index (Phi) is 5.01. The molecule has 5 nitrogen and oxygen atoms in total. The summed E-state index contributed by atoms with van der Waals surface area (Å²) in [6.07, 6.45) is 0.414. The Morgan fingerprint density at radius 3 is 2.43 bits per heavy atom. The number of aromatic amines is 1. The molecule has 0 saturated carbocycles. The number of fused-ring (bicyclic) bond motifs is 1. The average Bonchev–Trinajstić information content (AvgIpc) is 2.70. The number of carbonyl (C=O) groups excluding carboxylic acids is 1. The molecule has 0 radical (unpaired) electrons. The topological polar surface area (TPSA) is 56.4 Å². The molecule has 2 heterocycles. The van der Waals surface area contributed by atoms with Gasteiger partial charge in [-0.1, -0.05) is 36.4 Å². The fraction of sp³-hybridized carbons (Fsp3) is 0.304. The molecule has 2 aromatic carbocycles. The van der Waals surface area contributed by atoms with E-state index in [-0.39, 0.29) is 11.5 Å². The van der Waals surface area contributed by atoms with Crippen LogP contribution in [0.3, 0.4) is 0 Å². The Morgan fingerprint density at radius 2 is 1.71 bits per heavy atom. The Morgan fingerprint density at radius 1 is 1.00 bits per heavy atom. The van der Waals surface area contributed by atoms with Gasteiger partial charge in [0.15, 0.2) is 0 Å². The summed E-state index contributed by atoms with van der Waals surface area (Å²) in [7, 11) is 2.08. The lowest BCUT2D eigenvalue weighted by molar-refractivity contribution is -0.132. The molecule has 5 heteroatoms. The van der Waals surface area contributed by atoms with Crippen molar-refractivity contribution in [1.82, 2.24) is 14.8 Å². The zero-order chi connectivity index (χ0) is 19.7. The lowest BCUT2D eigenvalue weighted by atomic mass is 10.0. The van der Waals surface area contributed by atoms with Gasteiger partial charge in [0.2, 0.25) is 5.91 Å². The predicted molar refractivity (Wildman–Crippen MR) is 113 cm³/mol. The molecule has 144 valence electrons. The second kappa shape index (κ2) is 7.60. The van der Waals surface area contributed by atoms with Gasteiger partial charge >= 0.3 is 0 Å². The first-order valence-electron chi connectivity index (χ1n) is 9.69. The number of rotatable bonds is 3. The number of hydrogen-bond acceptors (Lipinski definition) is 3. The lowest BCUT2D eigenvalue weighted by Crippen LogP contribution is -2.47. The van der Waals surface area contributed by atoms with Crippen LogP contribution in [-0.2, 0) is 11.2 Å². The number of benzene rings is 2. The average molecular weight is 375 g/mol. The Balaban J connectivity index is 1.53. The van der Waals surface area contributed by atoms with Crippen molar-refractivity contribution < 1.29 is 4.79 Å². The summed E-state index contributed by atoms with van der Waals surface area (Å²) in [6.45, 7) is 5.47. The molecule has 0 spiro atoms. The third-order valence-electron chi connectivity index (χ3n) is 5.58. The third kappa shape index (κ3) is 3.71. The molecule has 1 N–H and O–H groups in total. The van der Waals surface area contributed by atoms with Crippen molar-refractivity contribution in [2.45, 2.75) is 13.3 Å². The van der Waals surface area contributed by atoms with E-state index in [0.717, 1.165) is 53.9 Å². The highest BCUT2D eigenvalue weighted by molar-refractivity contribution is 5.87. The lowest BCUT2D eigenvalue weighted by Gasteiger charge is -2.32. The number of H-pyrrole nitrogens is 1. The summed E-state index contributed by atoms with van der Waals surface area (Å²) >= 11 is 0. The highest BCUT2D eigenvalue weighted by atomic mass is 16.2. The van der Waals surface area contributed by atoms with Crippen molar-refractivity contribution in [2.24, 2.45) is 0 Å². The minimum Gasteiger partial charge on any atom is -0.340 e. The van der Waals surface area contributed by atoms with E-state index >= 15 is 0 Å². The minimum absolute atomic E-state index is 0.0782. The fourth-order valence-electron chi connectivity index (χ4n) is 3.74. The number of carbonyl (C=O) groups is 1. The van der Waals surface area contributed by atoms with Crippen molar-refractivity contribution >= 4 is 16.7 Å². The van der Waals surface area contributed by atoms with E-state index < -0.39 is 0 Å². The second-order valence-electron chi connectivity index (χ2n) is 7.61. The van der Waals surface area contributed by atoms with Crippen LogP contribution in [0, 0.1) is 6.92 Å². The molecule has 4 rings (SSSR count). The zero-order valence-corrected chi connectivity index (χ0v) is 16.4. The van der Waals surface area contributed by atoms with E-state index in [1.807, 2.05) is 60.4 Å². The van der Waals surface area contributed by atoms with Gasteiger partial charge < -0.3 is 14.8 Å². The standard InChI is InChI=1S/C23H25N3O2/c1-16-4-3-5-19-20(16)15-21(24-23(19)28)18-8-6-17(7-9-18)14-22(27)26-12-10-25(2)11-13-26/h3-9,15H,10-14H2,1-2H3,(H,24,28). The maximum atomic E-state index is 12.5. The van der Waals surface area contributed by atoms with Crippen LogP contribution in [-0.4, -0.2) is 53.9 Å². The van der Waals surface area contributed by atoms with Crippen molar-refractivity contribution in [2.75, 3.05) is 33.2 Å². The highest BCUT2D eigenvalue weighted by Gasteiger charge is 2.19. The number of nitrogens with one attached hydrogen (secondary N) is 1. The van der Waals surface area contributed by atoms with Crippen LogP contribution in [0.5, 0.6) is 0 Å². The Labute approximate surface area is 164 Å². The van der Waals surface area contributed by atoms with Gasteiger partial charge in [-0.2, -0.15) is 0 Å².